The van der Waals surface area contributed by atoms with Gasteiger partial charge in [-0.15, -0.1) is 0 Å². The van der Waals surface area contributed by atoms with Crippen molar-refractivity contribution in [2.75, 3.05) is 5.32 Å². The molecule has 0 fully saturated rings. The second-order valence-electron chi connectivity index (χ2n) is 16.3. The molecule has 0 aliphatic carbocycles. The highest BCUT2D eigenvalue weighted by Crippen LogP contribution is 2.41. The number of imidazole rings is 1. The van der Waals surface area contributed by atoms with Crippen LogP contribution in [0.25, 0.3) is 72.4 Å². The van der Waals surface area contributed by atoms with Gasteiger partial charge in [-0.1, -0.05) is 123 Å². The topological polar surface area (TPSA) is 42.7 Å². The van der Waals surface area contributed by atoms with E-state index in [9.17, 15) is 0 Å². The van der Waals surface area contributed by atoms with E-state index in [1.165, 1.54) is 38.6 Å². The van der Waals surface area contributed by atoms with Gasteiger partial charge in [0, 0.05) is 34.3 Å². The summed E-state index contributed by atoms with van der Waals surface area (Å²) in [4.78, 5) is 10.6. The number of aryl methyl sites for hydroxylation is 3. The predicted molar refractivity (Wildman–Crippen MR) is 241 cm³/mol. The maximum Gasteiger partial charge on any atom is 0.147 e. The van der Waals surface area contributed by atoms with Crippen LogP contribution in [0, 0.1) is 20.8 Å². The molecule has 9 aromatic rings. The molecule has 7 aromatic carbocycles. The molecule has 9 rings (SSSR count). The summed E-state index contributed by atoms with van der Waals surface area (Å²) in [6, 6.07) is 56.5. The second-order valence-corrected chi connectivity index (χ2v) is 16.3. The molecular formula is C53H46N4. The summed E-state index contributed by atoms with van der Waals surface area (Å²) in [6.07, 6.45) is 1.94. The minimum atomic E-state index is -0.0999. The Morgan fingerprint density at radius 2 is 1.23 bits per heavy atom. The number of nitrogens with zero attached hydrogens (tertiary/aromatic N) is 3. The number of anilines is 2. The molecule has 0 atom stereocenters. The molecule has 2 aromatic heterocycles. The van der Waals surface area contributed by atoms with Crippen molar-refractivity contribution in [3.63, 3.8) is 0 Å². The molecule has 2 heterocycles. The average Bonchev–Trinajstić information content (AvgIpc) is 3.59. The third kappa shape index (κ3) is 6.89. The first-order valence-electron chi connectivity index (χ1n) is 19.7. The largest absolute Gasteiger partial charge is 0.355 e. The van der Waals surface area contributed by atoms with E-state index < -0.39 is 0 Å². The molecule has 0 saturated carbocycles. The van der Waals surface area contributed by atoms with Crippen molar-refractivity contribution in [3.05, 3.63) is 186 Å². The molecule has 1 N–H and O–H groups in total. The van der Waals surface area contributed by atoms with Gasteiger partial charge in [0.05, 0.1) is 22.4 Å². The maximum atomic E-state index is 5.62. The van der Waals surface area contributed by atoms with Gasteiger partial charge in [0.2, 0.25) is 0 Å². The third-order valence-corrected chi connectivity index (χ3v) is 11.0. The molecule has 0 radical (unpaired) electrons. The second kappa shape index (κ2) is 14.4. The Hall–Kier alpha value is -6.78. The van der Waals surface area contributed by atoms with E-state index in [0.29, 0.717) is 0 Å². The molecule has 0 aliphatic heterocycles. The Morgan fingerprint density at radius 1 is 0.544 bits per heavy atom. The Bertz CT molecular complexity index is 2920. The summed E-state index contributed by atoms with van der Waals surface area (Å²) in [6.45, 7) is 13.4. The summed E-state index contributed by atoms with van der Waals surface area (Å²) in [5.74, 6) is 0.892. The maximum absolute atomic E-state index is 5.62. The van der Waals surface area contributed by atoms with Gasteiger partial charge in [-0.05, 0) is 131 Å². The van der Waals surface area contributed by atoms with Crippen LogP contribution in [0.2, 0.25) is 0 Å². The zero-order chi connectivity index (χ0) is 39.3. The number of fused-ring (bicyclic) bond motifs is 2. The molecule has 4 nitrogen and oxygen atoms in total. The molecular weight excluding hydrogens is 693 g/mol. The Balaban J connectivity index is 1.25. The van der Waals surface area contributed by atoms with Crippen molar-refractivity contribution in [3.8, 4) is 50.6 Å². The van der Waals surface area contributed by atoms with Crippen LogP contribution in [0.1, 0.15) is 43.0 Å². The lowest BCUT2D eigenvalue weighted by Crippen LogP contribution is -2.11. The quantitative estimate of drug-likeness (QED) is 0.177. The fraction of sp³-hybridized carbons (Fsp3) is 0.132. The monoisotopic (exact) mass is 738 g/mol. The number of hydrogen-bond acceptors (Lipinski definition) is 3. The lowest BCUT2D eigenvalue weighted by atomic mass is 9.83. The average molecular weight is 739 g/mol. The van der Waals surface area contributed by atoms with Crippen LogP contribution in [-0.4, -0.2) is 14.5 Å². The molecule has 0 saturated heterocycles. The number of hydrogen-bond donors (Lipinski definition) is 1. The van der Waals surface area contributed by atoms with Crippen molar-refractivity contribution in [1.82, 2.24) is 14.5 Å². The highest BCUT2D eigenvalue weighted by atomic mass is 15.1. The van der Waals surface area contributed by atoms with E-state index >= 15 is 0 Å². The number of para-hydroxylation sites is 3. The van der Waals surface area contributed by atoms with Crippen molar-refractivity contribution in [1.29, 1.82) is 0 Å². The first-order valence-corrected chi connectivity index (χ1v) is 19.7. The van der Waals surface area contributed by atoms with Crippen molar-refractivity contribution in [2.24, 2.45) is 0 Å². The first-order chi connectivity index (χ1) is 27.6. The summed E-state index contributed by atoms with van der Waals surface area (Å²) in [5.41, 5.74) is 17.6. The van der Waals surface area contributed by atoms with Crippen LogP contribution >= 0.6 is 0 Å². The Labute approximate surface area is 335 Å². The smallest absolute Gasteiger partial charge is 0.147 e. The summed E-state index contributed by atoms with van der Waals surface area (Å²) in [7, 11) is 0. The lowest BCUT2D eigenvalue weighted by molar-refractivity contribution is 0.590. The van der Waals surface area contributed by atoms with Gasteiger partial charge in [-0.25, -0.2) is 4.98 Å². The van der Waals surface area contributed by atoms with Crippen LogP contribution < -0.4 is 5.32 Å². The highest BCUT2D eigenvalue weighted by Gasteiger charge is 2.24. The van der Waals surface area contributed by atoms with Gasteiger partial charge in [0.25, 0.3) is 0 Å². The Kier molecular flexibility index (Phi) is 9.05. The van der Waals surface area contributed by atoms with Gasteiger partial charge in [0.15, 0.2) is 0 Å². The number of benzene rings is 7. The van der Waals surface area contributed by atoms with E-state index in [-0.39, 0.29) is 5.41 Å². The van der Waals surface area contributed by atoms with E-state index in [0.717, 1.165) is 67.4 Å². The van der Waals surface area contributed by atoms with Crippen LogP contribution in [-0.2, 0) is 5.41 Å². The Morgan fingerprint density at radius 3 is 2.02 bits per heavy atom. The summed E-state index contributed by atoms with van der Waals surface area (Å²) in [5, 5.41) is 6.16. The molecule has 0 amide bonds. The molecule has 0 spiro atoms. The number of nitrogens with one attached hydrogen (secondary N) is 1. The standard InChI is InChI=1S/C53H46N4/c1-34-27-35(2)51(36(3)28-34)57-49-22-14-20-45(50(49)56-52(57)46-19-12-13-21-47(46)55-44-17-8-7-9-18-44)41-30-42(32-43(31-41)53(4,5)6)48-33-40(25-26-54-48)39-24-23-37-15-10-11-16-38(37)29-39/h7-33,55H,1-6H3. The van der Waals surface area contributed by atoms with Crippen LogP contribution in [0.3, 0.4) is 0 Å². The van der Waals surface area contributed by atoms with E-state index in [2.05, 4.69) is 203 Å². The molecule has 0 bridgehead atoms. The predicted octanol–water partition coefficient (Wildman–Crippen LogP) is 14.2. The van der Waals surface area contributed by atoms with Gasteiger partial charge in [-0.2, -0.15) is 0 Å². The third-order valence-electron chi connectivity index (χ3n) is 11.0. The fourth-order valence-corrected chi connectivity index (χ4v) is 8.23. The van der Waals surface area contributed by atoms with Crippen LogP contribution in [0.5, 0.6) is 0 Å². The summed E-state index contributed by atoms with van der Waals surface area (Å²) < 4.78 is 2.37. The zero-order valence-electron chi connectivity index (χ0n) is 33.4. The summed E-state index contributed by atoms with van der Waals surface area (Å²) >= 11 is 0. The lowest BCUT2D eigenvalue weighted by Gasteiger charge is -2.22. The molecule has 57 heavy (non-hydrogen) atoms. The van der Waals surface area contributed by atoms with E-state index in [1.54, 1.807) is 0 Å². The van der Waals surface area contributed by atoms with Crippen molar-refractivity contribution >= 4 is 33.2 Å². The fourth-order valence-electron chi connectivity index (χ4n) is 8.23. The van der Waals surface area contributed by atoms with Gasteiger partial charge < -0.3 is 5.32 Å². The SMILES string of the molecule is Cc1cc(C)c(-n2c(-c3ccccc3Nc3ccccc3)nc3c(-c4cc(-c5cc(-c6ccc7ccccc7c6)ccn5)cc(C(C)(C)C)c4)cccc32)c(C)c1. The van der Waals surface area contributed by atoms with Crippen LogP contribution in [0.4, 0.5) is 11.4 Å². The number of aromatic nitrogens is 3. The minimum Gasteiger partial charge on any atom is -0.355 e. The molecule has 0 aliphatic rings. The number of pyridine rings is 1. The highest BCUT2D eigenvalue weighted by molar-refractivity contribution is 5.98. The zero-order valence-corrected chi connectivity index (χ0v) is 33.4. The van der Waals surface area contributed by atoms with Crippen LogP contribution in [0.15, 0.2) is 164 Å². The molecule has 0 unspecified atom stereocenters. The first kappa shape index (κ1) is 35.9. The molecule has 278 valence electrons. The minimum absolute atomic E-state index is 0.0999. The molecule has 4 heteroatoms. The van der Waals surface area contributed by atoms with Gasteiger partial charge in [0.1, 0.15) is 5.82 Å². The van der Waals surface area contributed by atoms with Crippen molar-refractivity contribution in [2.45, 2.75) is 47.0 Å². The van der Waals surface area contributed by atoms with E-state index in [1.807, 2.05) is 12.3 Å². The number of rotatable bonds is 7. The van der Waals surface area contributed by atoms with Gasteiger partial charge >= 0.3 is 0 Å². The van der Waals surface area contributed by atoms with Gasteiger partial charge in [-0.3, -0.25) is 9.55 Å². The van der Waals surface area contributed by atoms with E-state index in [4.69, 9.17) is 9.97 Å². The van der Waals surface area contributed by atoms with Crippen molar-refractivity contribution < 1.29 is 0 Å². The normalized spacial score (nSPS) is 11.7.